The van der Waals surface area contributed by atoms with Crippen molar-refractivity contribution in [3.8, 4) is 11.4 Å². The van der Waals surface area contributed by atoms with Crippen molar-refractivity contribution in [2.45, 2.75) is 6.54 Å². The average Bonchev–Trinajstić information content (AvgIpc) is 2.70. The first-order valence-electron chi connectivity index (χ1n) is 4.20. The first kappa shape index (κ1) is 8.71. The van der Waals surface area contributed by atoms with Crippen molar-refractivity contribution >= 4 is 0 Å². The van der Waals surface area contributed by atoms with Crippen LogP contribution < -0.4 is 5.73 Å². The lowest BCUT2D eigenvalue weighted by Crippen LogP contribution is -2.01. The van der Waals surface area contributed by atoms with Crippen molar-refractivity contribution in [2.75, 3.05) is 0 Å². The third kappa shape index (κ3) is 1.45. The van der Waals surface area contributed by atoms with Gasteiger partial charge in [0, 0.05) is 6.54 Å². The average molecular weight is 190 g/mol. The third-order valence-electron chi connectivity index (χ3n) is 1.91. The summed E-state index contributed by atoms with van der Waals surface area (Å²) >= 11 is 0. The number of nitrogens with two attached hydrogens (primary N) is 1. The molecule has 0 amide bonds. The van der Waals surface area contributed by atoms with Gasteiger partial charge < -0.3 is 10.8 Å². The van der Waals surface area contributed by atoms with Crippen molar-refractivity contribution < 1.29 is 5.11 Å². The number of nitrogens with zero attached hydrogens (tertiary/aromatic N) is 3. The Morgan fingerprint density at radius 1 is 1.29 bits per heavy atom. The third-order valence-corrected chi connectivity index (χ3v) is 1.91. The van der Waals surface area contributed by atoms with Crippen LogP contribution in [0, 0.1) is 0 Å². The zero-order chi connectivity index (χ0) is 9.97. The van der Waals surface area contributed by atoms with Crippen LogP contribution in [0.15, 0.2) is 30.6 Å². The van der Waals surface area contributed by atoms with Crippen molar-refractivity contribution in [1.82, 2.24) is 15.0 Å². The maximum absolute atomic E-state index is 9.64. The Kier molecular flexibility index (Phi) is 2.16. The van der Waals surface area contributed by atoms with Crippen LogP contribution in [-0.2, 0) is 6.54 Å². The van der Waals surface area contributed by atoms with E-state index in [1.165, 1.54) is 4.80 Å². The Labute approximate surface area is 80.8 Å². The summed E-state index contributed by atoms with van der Waals surface area (Å²) in [6, 6.07) is 5.18. The molecule has 0 aliphatic heterocycles. The maximum atomic E-state index is 9.64. The van der Waals surface area contributed by atoms with Crippen LogP contribution in [0.2, 0.25) is 0 Å². The number of hydrogen-bond donors (Lipinski definition) is 2. The van der Waals surface area contributed by atoms with E-state index in [1.807, 2.05) is 6.07 Å². The first-order valence-corrected chi connectivity index (χ1v) is 4.20. The Morgan fingerprint density at radius 2 is 2.00 bits per heavy atom. The molecule has 0 aliphatic rings. The molecule has 5 nitrogen and oxygen atoms in total. The van der Waals surface area contributed by atoms with Gasteiger partial charge in [0.1, 0.15) is 11.4 Å². The summed E-state index contributed by atoms with van der Waals surface area (Å²) in [6.07, 6.45) is 3.10. The van der Waals surface area contributed by atoms with E-state index in [2.05, 4.69) is 10.2 Å². The summed E-state index contributed by atoms with van der Waals surface area (Å²) in [6.45, 7) is 0.403. The molecular weight excluding hydrogens is 180 g/mol. The quantitative estimate of drug-likeness (QED) is 0.720. The molecule has 0 saturated carbocycles. The lowest BCUT2D eigenvalue weighted by molar-refractivity contribution is 0.466. The molecule has 14 heavy (non-hydrogen) atoms. The number of hydrogen-bond acceptors (Lipinski definition) is 4. The number of rotatable bonds is 2. The Hall–Kier alpha value is -1.88. The highest BCUT2D eigenvalue weighted by atomic mass is 16.3. The predicted octanol–water partition coefficient (Wildman–Crippen LogP) is 0.432. The minimum atomic E-state index is 0.129. The minimum Gasteiger partial charge on any atom is -0.506 e. The van der Waals surface area contributed by atoms with Crippen LogP contribution in [0.3, 0.4) is 0 Å². The van der Waals surface area contributed by atoms with Gasteiger partial charge in [0.25, 0.3) is 0 Å². The number of phenols is 1. The SMILES string of the molecule is NCc1ccc(-n2nccn2)c(O)c1. The zero-order valence-electron chi connectivity index (χ0n) is 7.46. The fourth-order valence-corrected chi connectivity index (χ4v) is 1.21. The summed E-state index contributed by atoms with van der Waals surface area (Å²) in [5, 5.41) is 17.5. The second-order valence-corrected chi connectivity index (χ2v) is 2.85. The van der Waals surface area contributed by atoms with Gasteiger partial charge in [-0.25, -0.2) is 0 Å². The predicted molar refractivity (Wildman–Crippen MR) is 50.9 cm³/mol. The smallest absolute Gasteiger partial charge is 0.143 e. The highest BCUT2D eigenvalue weighted by molar-refractivity contribution is 5.46. The summed E-state index contributed by atoms with van der Waals surface area (Å²) in [5.41, 5.74) is 6.86. The van der Waals surface area contributed by atoms with Gasteiger partial charge in [-0.2, -0.15) is 10.2 Å². The normalized spacial score (nSPS) is 10.4. The van der Waals surface area contributed by atoms with E-state index in [0.717, 1.165) is 5.56 Å². The van der Waals surface area contributed by atoms with E-state index < -0.39 is 0 Å². The molecule has 1 aromatic carbocycles. The molecule has 3 N–H and O–H groups in total. The van der Waals surface area contributed by atoms with Gasteiger partial charge in [0.05, 0.1) is 12.4 Å². The number of aromatic hydroxyl groups is 1. The summed E-state index contributed by atoms with van der Waals surface area (Å²) < 4.78 is 0. The van der Waals surface area contributed by atoms with E-state index in [1.54, 1.807) is 24.5 Å². The monoisotopic (exact) mass is 190 g/mol. The van der Waals surface area contributed by atoms with Crippen molar-refractivity contribution in [1.29, 1.82) is 0 Å². The minimum absolute atomic E-state index is 0.129. The second-order valence-electron chi connectivity index (χ2n) is 2.85. The van der Waals surface area contributed by atoms with Gasteiger partial charge in [-0.15, -0.1) is 4.80 Å². The molecule has 0 fully saturated rings. The van der Waals surface area contributed by atoms with E-state index in [-0.39, 0.29) is 5.75 Å². The van der Waals surface area contributed by atoms with Crippen molar-refractivity contribution in [2.24, 2.45) is 5.73 Å². The van der Waals surface area contributed by atoms with Crippen LogP contribution in [0.1, 0.15) is 5.56 Å². The second kappa shape index (κ2) is 3.47. The Balaban J connectivity index is 2.46. The molecule has 0 aliphatic carbocycles. The van der Waals surface area contributed by atoms with Gasteiger partial charge in [-0.1, -0.05) is 6.07 Å². The molecular formula is C9H10N4O. The molecule has 72 valence electrons. The number of phenolic OH excluding ortho intramolecular Hbond substituents is 1. The van der Waals surface area contributed by atoms with Crippen LogP contribution >= 0.6 is 0 Å². The van der Waals surface area contributed by atoms with Gasteiger partial charge >= 0.3 is 0 Å². The van der Waals surface area contributed by atoms with E-state index >= 15 is 0 Å². The van der Waals surface area contributed by atoms with Crippen LogP contribution in [0.25, 0.3) is 5.69 Å². The van der Waals surface area contributed by atoms with E-state index in [9.17, 15) is 5.11 Å². The fourth-order valence-electron chi connectivity index (χ4n) is 1.21. The van der Waals surface area contributed by atoms with Crippen molar-refractivity contribution in [3.05, 3.63) is 36.2 Å². The zero-order valence-corrected chi connectivity index (χ0v) is 7.46. The number of aromatic nitrogens is 3. The van der Waals surface area contributed by atoms with E-state index in [0.29, 0.717) is 12.2 Å². The van der Waals surface area contributed by atoms with Crippen LogP contribution in [0.4, 0.5) is 0 Å². The fraction of sp³-hybridized carbons (Fsp3) is 0.111. The molecule has 0 saturated heterocycles. The largest absolute Gasteiger partial charge is 0.506 e. The van der Waals surface area contributed by atoms with Gasteiger partial charge in [0.2, 0.25) is 0 Å². The molecule has 5 heteroatoms. The van der Waals surface area contributed by atoms with E-state index in [4.69, 9.17) is 5.73 Å². The van der Waals surface area contributed by atoms with Crippen LogP contribution in [0.5, 0.6) is 5.75 Å². The standard InChI is InChI=1S/C9H10N4O/c10-6-7-1-2-8(9(14)5-7)13-11-3-4-12-13/h1-5,14H,6,10H2. The van der Waals surface area contributed by atoms with Gasteiger partial charge in [-0.05, 0) is 17.7 Å². The molecule has 1 aromatic heterocycles. The van der Waals surface area contributed by atoms with Crippen LogP contribution in [-0.4, -0.2) is 20.1 Å². The molecule has 2 rings (SSSR count). The molecule has 0 spiro atoms. The highest BCUT2D eigenvalue weighted by Gasteiger charge is 2.04. The van der Waals surface area contributed by atoms with Gasteiger partial charge in [0.15, 0.2) is 0 Å². The molecule has 0 atom stereocenters. The lowest BCUT2D eigenvalue weighted by Gasteiger charge is -2.04. The maximum Gasteiger partial charge on any atom is 0.143 e. The molecule has 2 aromatic rings. The molecule has 1 heterocycles. The summed E-state index contributed by atoms with van der Waals surface area (Å²) in [4.78, 5) is 1.36. The molecule has 0 radical (unpaired) electrons. The van der Waals surface area contributed by atoms with Gasteiger partial charge in [-0.3, -0.25) is 0 Å². The Morgan fingerprint density at radius 3 is 2.57 bits per heavy atom. The van der Waals surface area contributed by atoms with Crippen molar-refractivity contribution in [3.63, 3.8) is 0 Å². The highest BCUT2D eigenvalue weighted by Crippen LogP contribution is 2.20. The Bertz CT molecular complexity index is 424. The first-order chi connectivity index (χ1) is 6.81. The summed E-state index contributed by atoms with van der Waals surface area (Å²) in [7, 11) is 0. The molecule has 0 unspecified atom stereocenters. The molecule has 0 bridgehead atoms. The topological polar surface area (TPSA) is 77.0 Å². The summed E-state index contributed by atoms with van der Waals surface area (Å²) in [5.74, 6) is 0.129. The number of benzene rings is 1. The lowest BCUT2D eigenvalue weighted by atomic mass is 10.2.